The zero-order valence-corrected chi connectivity index (χ0v) is 16.1. The molecule has 1 aromatic heterocycles. The Balaban J connectivity index is 1.53. The Bertz CT molecular complexity index is 622. The lowest BCUT2D eigenvalue weighted by molar-refractivity contribution is -0.123. The Morgan fingerprint density at radius 1 is 1.36 bits per heavy atom. The van der Waals surface area contributed by atoms with Crippen molar-refractivity contribution in [2.45, 2.75) is 52.0 Å². The number of nitrogens with zero attached hydrogens (tertiary/aromatic N) is 1. The van der Waals surface area contributed by atoms with E-state index < -0.39 is 0 Å². The Labute approximate surface area is 154 Å². The first-order valence-electron chi connectivity index (χ1n) is 9.48. The van der Waals surface area contributed by atoms with Crippen LogP contribution in [0.25, 0.3) is 0 Å². The van der Waals surface area contributed by atoms with Crippen molar-refractivity contribution in [2.75, 3.05) is 26.2 Å². The van der Waals surface area contributed by atoms with Crippen LogP contribution in [0, 0.1) is 12.8 Å². The minimum Gasteiger partial charge on any atom is -0.354 e. The average molecular weight is 364 g/mol. The SMILES string of the molecule is CCc1sc(C(=O)N2CCCC(CNC(=O)C3CCCN3)C2)cc1C. The summed E-state index contributed by atoms with van der Waals surface area (Å²) in [5, 5.41) is 6.31. The second-order valence-corrected chi connectivity index (χ2v) is 8.36. The lowest BCUT2D eigenvalue weighted by atomic mass is 9.97. The van der Waals surface area contributed by atoms with Crippen molar-refractivity contribution in [3.63, 3.8) is 0 Å². The minimum absolute atomic E-state index is 0.0251. The highest BCUT2D eigenvalue weighted by Crippen LogP contribution is 2.26. The lowest BCUT2D eigenvalue weighted by Gasteiger charge is -2.32. The Kier molecular flexibility index (Phi) is 6.12. The van der Waals surface area contributed by atoms with Crippen LogP contribution in [0.3, 0.4) is 0 Å². The van der Waals surface area contributed by atoms with E-state index in [0.29, 0.717) is 12.5 Å². The minimum atomic E-state index is -0.0251. The molecule has 3 rings (SSSR count). The average Bonchev–Trinajstić information content (AvgIpc) is 3.29. The number of thiophene rings is 1. The maximum absolute atomic E-state index is 12.8. The first kappa shape index (κ1) is 18.4. The summed E-state index contributed by atoms with van der Waals surface area (Å²) in [5.74, 6) is 0.624. The number of likely N-dealkylation sites (tertiary alicyclic amines) is 1. The summed E-state index contributed by atoms with van der Waals surface area (Å²) in [5.41, 5.74) is 1.22. The van der Waals surface area contributed by atoms with Gasteiger partial charge in [-0.25, -0.2) is 0 Å². The molecule has 2 aliphatic rings. The van der Waals surface area contributed by atoms with E-state index in [4.69, 9.17) is 0 Å². The van der Waals surface area contributed by atoms with Gasteiger partial charge in [-0.15, -0.1) is 11.3 Å². The molecule has 5 nitrogen and oxygen atoms in total. The van der Waals surface area contributed by atoms with Gasteiger partial charge in [-0.2, -0.15) is 0 Å². The maximum atomic E-state index is 12.8. The zero-order valence-electron chi connectivity index (χ0n) is 15.3. The van der Waals surface area contributed by atoms with Crippen LogP contribution in [0.2, 0.25) is 0 Å². The van der Waals surface area contributed by atoms with Crippen LogP contribution in [0.5, 0.6) is 0 Å². The Hall–Kier alpha value is -1.40. The molecule has 2 N–H and O–H groups in total. The number of aryl methyl sites for hydroxylation is 2. The van der Waals surface area contributed by atoms with Crippen molar-refractivity contribution in [2.24, 2.45) is 5.92 Å². The molecule has 0 aliphatic carbocycles. The molecular formula is C19H29N3O2S. The second-order valence-electron chi connectivity index (χ2n) is 7.22. The highest BCUT2D eigenvalue weighted by Gasteiger charge is 2.27. The predicted octanol–water partition coefficient (Wildman–Crippen LogP) is 2.34. The van der Waals surface area contributed by atoms with Crippen LogP contribution in [-0.4, -0.2) is 48.9 Å². The van der Waals surface area contributed by atoms with Crippen LogP contribution in [0.15, 0.2) is 6.07 Å². The number of carbonyl (C=O) groups is 2. The van der Waals surface area contributed by atoms with E-state index in [1.807, 2.05) is 11.0 Å². The van der Waals surface area contributed by atoms with Crippen LogP contribution in [-0.2, 0) is 11.2 Å². The molecule has 1 aromatic rings. The molecule has 6 heteroatoms. The molecule has 0 saturated carbocycles. The molecule has 2 unspecified atom stereocenters. The van der Waals surface area contributed by atoms with Crippen molar-refractivity contribution in [3.05, 3.63) is 21.4 Å². The van der Waals surface area contributed by atoms with E-state index in [1.54, 1.807) is 11.3 Å². The fraction of sp³-hybridized carbons (Fsp3) is 0.684. The monoisotopic (exact) mass is 363 g/mol. The van der Waals surface area contributed by atoms with Crippen molar-refractivity contribution < 1.29 is 9.59 Å². The third-order valence-electron chi connectivity index (χ3n) is 5.30. The number of hydrogen-bond acceptors (Lipinski definition) is 4. The van der Waals surface area contributed by atoms with Gasteiger partial charge in [0, 0.05) is 24.5 Å². The molecule has 2 saturated heterocycles. The van der Waals surface area contributed by atoms with Gasteiger partial charge in [0.05, 0.1) is 10.9 Å². The third-order valence-corrected chi connectivity index (χ3v) is 6.67. The summed E-state index contributed by atoms with van der Waals surface area (Å²) in [6.45, 7) is 7.39. The van der Waals surface area contributed by atoms with Crippen molar-refractivity contribution >= 4 is 23.2 Å². The Morgan fingerprint density at radius 3 is 2.88 bits per heavy atom. The molecule has 0 spiro atoms. The molecule has 2 atom stereocenters. The number of carbonyl (C=O) groups excluding carboxylic acids is 2. The normalized spacial score (nSPS) is 23.7. The summed E-state index contributed by atoms with van der Waals surface area (Å²) >= 11 is 1.63. The van der Waals surface area contributed by atoms with E-state index in [1.165, 1.54) is 10.4 Å². The van der Waals surface area contributed by atoms with Crippen molar-refractivity contribution in [1.29, 1.82) is 0 Å². The smallest absolute Gasteiger partial charge is 0.263 e. The van der Waals surface area contributed by atoms with E-state index in [2.05, 4.69) is 24.5 Å². The number of amides is 2. The number of hydrogen-bond donors (Lipinski definition) is 2. The fourth-order valence-corrected chi connectivity index (χ4v) is 4.91. The van der Waals surface area contributed by atoms with Crippen molar-refractivity contribution in [3.8, 4) is 0 Å². The molecular weight excluding hydrogens is 334 g/mol. The van der Waals surface area contributed by atoms with Gasteiger partial charge in [-0.05, 0) is 63.1 Å². The summed E-state index contributed by atoms with van der Waals surface area (Å²) < 4.78 is 0. The van der Waals surface area contributed by atoms with E-state index in [0.717, 1.165) is 56.6 Å². The molecule has 25 heavy (non-hydrogen) atoms. The highest BCUT2D eigenvalue weighted by molar-refractivity contribution is 7.14. The molecule has 3 heterocycles. The van der Waals surface area contributed by atoms with Gasteiger partial charge in [0.2, 0.25) is 5.91 Å². The standard InChI is InChI=1S/C19H29N3O2S/c1-3-16-13(2)10-17(25-16)19(24)22-9-5-6-14(12-22)11-21-18(23)15-7-4-8-20-15/h10,14-15,20H,3-9,11-12H2,1-2H3,(H,21,23). The Morgan fingerprint density at radius 2 is 2.20 bits per heavy atom. The third kappa shape index (κ3) is 4.42. The highest BCUT2D eigenvalue weighted by atomic mass is 32.1. The summed E-state index contributed by atoms with van der Waals surface area (Å²) in [6, 6.07) is 2.01. The number of piperidine rings is 1. The molecule has 0 bridgehead atoms. The van der Waals surface area contributed by atoms with Crippen LogP contribution < -0.4 is 10.6 Å². The van der Waals surface area contributed by atoms with E-state index >= 15 is 0 Å². The summed E-state index contributed by atoms with van der Waals surface area (Å²) in [6.07, 6.45) is 5.07. The quantitative estimate of drug-likeness (QED) is 0.844. The predicted molar refractivity (Wildman–Crippen MR) is 101 cm³/mol. The second kappa shape index (κ2) is 8.32. The maximum Gasteiger partial charge on any atom is 0.263 e. The molecule has 2 fully saturated rings. The van der Waals surface area contributed by atoms with Crippen LogP contribution >= 0.6 is 11.3 Å². The molecule has 0 radical (unpaired) electrons. The molecule has 2 amide bonds. The van der Waals surface area contributed by atoms with Gasteiger partial charge in [-0.3, -0.25) is 9.59 Å². The van der Waals surface area contributed by atoms with Gasteiger partial charge in [-0.1, -0.05) is 6.92 Å². The molecule has 138 valence electrons. The summed E-state index contributed by atoms with van der Waals surface area (Å²) in [7, 11) is 0. The largest absolute Gasteiger partial charge is 0.354 e. The van der Waals surface area contributed by atoms with Gasteiger partial charge in [0.15, 0.2) is 0 Å². The van der Waals surface area contributed by atoms with E-state index in [9.17, 15) is 9.59 Å². The fourth-order valence-electron chi connectivity index (χ4n) is 3.82. The van der Waals surface area contributed by atoms with E-state index in [-0.39, 0.29) is 17.9 Å². The first-order chi connectivity index (χ1) is 12.1. The topological polar surface area (TPSA) is 61.4 Å². The molecule has 2 aliphatic heterocycles. The zero-order chi connectivity index (χ0) is 17.8. The van der Waals surface area contributed by atoms with Gasteiger partial charge < -0.3 is 15.5 Å². The van der Waals surface area contributed by atoms with Gasteiger partial charge >= 0.3 is 0 Å². The summed E-state index contributed by atoms with van der Waals surface area (Å²) in [4.78, 5) is 29.1. The number of nitrogens with one attached hydrogen (secondary N) is 2. The molecule has 0 aromatic carbocycles. The number of rotatable bonds is 5. The van der Waals surface area contributed by atoms with Crippen LogP contribution in [0.1, 0.15) is 52.7 Å². The van der Waals surface area contributed by atoms with Gasteiger partial charge in [0.1, 0.15) is 0 Å². The van der Waals surface area contributed by atoms with Crippen LogP contribution in [0.4, 0.5) is 0 Å². The van der Waals surface area contributed by atoms with Crippen molar-refractivity contribution in [1.82, 2.24) is 15.5 Å². The lowest BCUT2D eigenvalue weighted by Crippen LogP contribution is -2.46. The van der Waals surface area contributed by atoms with Gasteiger partial charge in [0.25, 0.3) is 5.91 Å². The first-order valence-corrected chi connectivity index (χ1v) is 10.3.